The largest absolute Gasteiger partial charge is 0.358 e. The van der Waals surface area contributed by atoms with Crippen LogP contribution in [0.3, 0.4) is 0 Å². The normalized spacial score (nSPS) is 15.0. The number of nitrogens with zero attached hydrogens (tertiary/aromatic N) is 3. The Kier molecular flexibility index (Phi) is 6.05. The molecule has 0 saturated carbocycles. The quantitative estimate of drug-likeness (QED) is 0.508. The SMILES string of the molecule is N#C/C(=C/Nc1cccc2cccnc12)C(=O)N1CCC(Cc2ccccc2)CC1. The Labute approximate surface area is 176 Å². The Bertz CT molecular complexity index is 1090. The fourth-order valence-corrected chi connectivity index (χ4v) is 3.97. The highest BCUT2D eigenvalue weighted by Crippen LogP contribution is 2.24. The van der Waals surface area contributed by atoms with Gasteiger partial charge in [-0.05, 0) is 42.9 Å². The number of hydrogen-bond acceptors (Lipinski definition) is 4. The van der Waals surface area contributed by atoms with Crippen LogP contribution in [0.2, 0.25) is 0 Å². The maximum atomic E-state index is 12.9. The van der Waals surface area contributed by atoms with Crippen LogP contribution in [0.4, 0.5) is 5.69 Å². The molecule has 1 aliphatic heterocycles. The number of benzene rings is 2. The zero-order valence-electron chi connectivity index (χ0n) is 16.8. The molecule has 4 rings (SSSR count). The molecule has 1 saturated heterocycles. The lowest BCUT2D eigenvalue weighted by molar-refractivity contribution is -0.128. The number of amides is 1. The summed E-state index contributed by atoms with van der Waals surface area (Å²) in [6.07, 6.45) is 6.19. The minimum Gasteiger partial charge on any atom is -0.358 e. The first-order valence-corrected chi connectivity index (χ1v) is 10.3. The van der Waals surface area contributed by atoms with Gasteiger partial charge in [0.05, 0.1) is 11.2 Å². The maximum absolute atomic E-state index is 12.9. The van der Waals surface area contributed by atoms with Crippen LogP contribution >= 0.6 is 0 Å². The number of rotatable bonds is 5. The number of carbonyl (C=O) groups excluding carboxylic acids is 1. The molecule has 1 aliphatic rings. The summed E-state index contributed by atoms with van der Waals surface area (Å²) in [6, 6.07) is 22.2. The second-order valence-corrected chi connectivity index (χ2v) is 7.62. The number of aromatic nitrogens is 1. The van der Waals surface area contributed by atoms with Gasteiger partial charge in [0.1, 0.15) is 11.6 Å². The summed E-state index contributed by atoms with van der Waals surface area (Å²) in [5.74, 6) is 0.363. The van der Waals surface area contributed by atoms with Crippen molar-refractivity contribution in [2.75, 3.05) is 18.4 Å². The molecular weight excluding hydrogens is 372 g/mol. The van der Waals surface area contributed by atoms with Crippen LogP contribution < -0.4 is 5.32 Å². The minimum absolute atomic E-state index is 0.115. The lowest BCUT2D eigenvalue weighted by Crippen LogP contribution is -2.39. The number of nitriles is 1. The van der Waals surface area contributed by atoms with Gasteiger partial charge in [-0.2, -0.15) is 5.26 Å². The van der Waals surface area contributed by atoms with E-state index in [0.29, 0.717) is 19.0 Å². The molecule has 1 aromatic heterocycles. The highest BCUT2D eigenvalue weighted by molar-refractivity contribution is 5.98. The van der Waals surface area contributed by atoms with Crippen LogP contribution in [-0.4, -0.2) is 28.9 Å². The van der Waals surface area contributed by atoms with Crippen molar-refractivity contribution >= 4 is 22.5 Å². The summed E-state index contributed by atoms with van der Waals surface area (Å²) < 4.78 is 0. The Morgan fingerprint density at radius 2 is 1.87 bits per heavy atom. The standard InChI is InChI=1S/C25H24N4O/c26-17-22(18-28-23-10-4-8-21-9-5-13-27-24(21)23)25(30)29-14-11-20(12-15-29)16-19-6-2-1-3-7-19/h1-10,13,18,20,28H,11-12,14-16H2/b22-18-. The van der Waals surface area contributed by atoms with E-state index in [1.807, 2.05) is 36.4 Å². The number of para-hydroxylation sites is 1. The molecule has 0 unspecified atom stereocenters. The molecule has 0 spiro atoms. The van der Waals surface area contributed by atoms with E-state index in [0.717, 1.165) is 35.9 Å². The maximum Gasteiger partial charge on any atom is 0.266 e. The number of likely N-dealkylation sites (tertiary alicyclic amines) is 1. The van der Waals surface area contributed by atoms with Crippen LogP contribution in [0.25, 0.3) is 10.9 Å². The molecule has 2 aromatic carbocycles. The summed E-state index contributed by atoms with van der Waals surface area (Å²) in [6.45, 7) is 1.37. The first-order chi connectivity index (χ1) is 14.7. The summed E-state index contributed by atoms with van der Waals surface area (Å²) >= 11 is 0. The van der Waals surface area contributed by atoms with Gasteiger partial charge < -0.3 is 10.2 Å². The van der Waals surface area contributed by atoms with Crippen molar-refractivity contribution in [1.82, 2.24) is 9.88 Å². The smallest absolute Gasteiger partial charge is 0.266 e. The molecule has 1 N–H and O–H groups in total. The van der Waals surface area contributed by atoms with Gasteiger partial charge in [0.2, 0.25) is 0 Å². The molecule has 150 valence electrons. The van der Waals surface area contributed by atoms with Gasteiger partial charge in [-0.15, -0.1) is 0 Å². The third-order valence-corrected chi connectivity index (χ3v) is 5.62. The Hall–Kier alpha value is -3.65. The first kappa shape index (κ1) is 19.7. The van der Waals surface area contributed by atoms with Gasteiger partial charge in [-0.3, -0.25) is 9.78 Å². The minimum atomic E-state index is -0.212. The van der Waals surface area contributed by atoms with Gasteiger partial charge in [0.25, 0.3) is 5.91 Å². The number of nitrogens with one attached hydrogen (secondary N) is 1. The second-order valence-electron chi connectivity index (χ2n) is 7.62. The topological polar surface area (TPSA) is 69.0 Å². The van der Waals surface area contributed by atoms with Crippen molar-refractivity contribution in [2.24, 2.45) is 5.92 Å². The van der Waals surface area contributed by atoms with E-state index >= 15 is 0 Å². The summed E-state index contributed by atoms with van der Waals surface area (Å²) in [5.41, 5.74) is 3.04. The van der Waals surface area contributed by atoms with Crippen LogP contribution in [0, 0.1) is 17.2 Å². The van der Waals surface area contributed by atoms with E-state index in [1.165, 1.54) is 11.8 Å². The van der Waals surface area contributed by atoms with E-state index in [4.69, 9.17) is 0 Å². The molecule has 5 heteroatoms. The monoisotopic (exact) mass is 396 g/mol. The van der Waals surface area contributed by atoms with E-state index in [9.17, 15) is 10.1 Å². The molecule has 0 atom stereocenters. The highest BCUT2D eigenvalue weighted by atomic mass is 16.2. The number of carbonyl (C=O) groups is 1. The molecular formula is C25H24N4O. The fraction of sp³-hybridized carbons (Fsp3) is 0.240. The molecule has 0 radical (unpaired) electrons. The van der Waals surface area contributed by atoms with E-state index in [2.05, 4.69) is 40.6 Å². The lowest BCUT2D eigenvalue weighted by atomic mass is 9.90. The molecule has 0 bridgehead atoms. The van der Waals surface area contributed by atoms with Crippen molar-refractivity contribution in [3.63, 3.8) is 0 Å². The van der Waals surface area contributed by atoms with Gasteiger partial charge in [0.15, 0.2) is 0 Å². The van der Waals surface area contributed by atoms with Crippen LogP contribution in [0.15, 0.2) is 78.6 Å². The van der Waals surface area contributed by atoms with Crippen LogP contribution in [-0.2, 0) is 11.2 Å². The summed E-state index contributed by atoms with van der Waals surface area (Å²) in [4.78, 5) is 19.0. The van der Waals surface area contributed by atoms with Gasteiger partial charge >= 0.3 is 0 Å². The van der Waals surface area contributed by atoms with Crippen LogP contribution in [0.5, 0.6) is 0 Å². The molecule has 1 amide bonds. The molecule has 30 heavy (non-hydrogen) atoms. The summed E-state index contributed by atoms with van der Waals surface area (Å²) in [5, 5.41) is 13.7. The average molecular weight is 396 g/mol. The van der Waals surface area contributed by atoms with Crippen molar-refractivity contribution in [2.45, 2.75) is 19.3 Å². The number of piperidine rings is 1. The third kappa shape index (κ3) is 4.49. The highest BCUT2D eigenvalue weighted by Gasteiger charge is 2.25. The number of pyridine rings is 1. The first-order valence-electron chi connectivity index (χ1n) is 10.3. The molecule has 1 fully saturated rings. The zero-order chi connectivity index (χ0) is 20.8. The van der Waals surface area contributed by atoms with Crippen molar-refractivity contribution in [3.8, 4) is 6.07 Å². The van der Waals surface area contributed by atoms with Crippen molar-refractivity contribution in [3.05, 3.63) is 84.2 Å². The van der Waals surface area contributed by atoms with Gasteiger partial charge in [0, 0.05) is 30.9 Å². The van der Waals surface area contributed by atoms with Crippen LogP contribution in [0.1, 0.15) is 18.4 Å². The molecule has 3 aromatic rings. The Balaban J connectivity index is 1.39. The van der Waals surface area contributed by atoms with Crippen molar-refractivity contribution in [1.29, 1.82) is 5.26 Å². The average Bonchev–Trinajstić information content (AvgIpc) is 2.80. The predicted octanol–water partition coefficient (Wildman–Crippen LogP) is 4.54. The summed E-state index contributed by atoms with van der Waals surface area (Å²) in [7, 11) is 0. The number of hydrogen-bond donors (Lipinski definition) is 1. The fourth-order valence-electron chi connectivity index (χ4n) is 3.97. The van der Waals surface area contributed by atoms with E-state index in [-0.39, 0.29) is 11.5 Å². The third-order valence-electron chi connectivity index (χ3n) is 5.62. The number of fused-ring (bicyclic) bond motifs is 1. The van der Waals surface area contributed by atoms with Gasteiger partial charge in [-0.25, -0.2) is 0 Å². The lowest BCUT2D eigenvalue weighted by Gasteiger charge is -2.32. The number of anilines is 1. The zero-order valence-corrected chi connectivity index (χ0v) is 16.8. The van der Waals surface area contributed by atoms with Gasteiger partial charge in [-0.1, -0.05) is 48.5 Å². The second kappa shape index (κ2) is 9.23. The molecule has 0 aliphatic carbocycles. The Morgan fingerprint density at radius 1 is 1.10 bits per heavy atom. The molecule has 5 nitrogen and oxygen atoms in total. The van der Waals surface area contributed by atoms with Crippen molar-refractivity contribution < 1.29 is 4.79 Å². The Morgan fingerprint density at radius 3 is 2.63 bits per heavy atom. The van der Waals surface area contributed by atoms with E-state index < -0.39 is 0 Å². The molecule has 2 heterocycles. The van der Waals surface area contributed by atoms with E-state index in [1.54, 1.807) is 11.1 Å². The predicted molar refractivity (Wildman–Crippen MR) is 119 cm³/mol.